The summed E-state index contributed by atoms with van der Waals surface area (Å²) in [6, 6.07) is 10.4. The highest BCUT2D eigenvalue weighted by molar-refractivity contribution is 5.94. The van der Waals surface area contributed by atoms with E-state index in [9.17, 15) is 9.59 Å². The van der Waals surface area contributed by atoms with Crippen LogP contribution in [0.15, 0.2) is 58.0 Å². The van der Waals surface area contributed by atoms with Crippen LogP contribution in [0.25, 0.3) is 34.3 Å². The standard InChI is InChI=1S/C21H18N6O3/c1-12-17(20-26-25-19(30-20)15-5-4-10-22-18(15)28)24-16(11-23-12)13-6-8-14(9-7-13)21(29)27(2)3/h4-11H,1-3H3,(H,22,28). The maximum atomic E-state index is 12.1. The van der Waals surface area contributed by atoms with E-state index in [1.807, 2.05) is 12.1 Å². The fraction of sp³-hybridized carbons (Fsp3) is 0.143. The molecule has 150 valence electrons. The van der Waals surface area contributed by atoms with Gasteiger partial charge in [-0.15, -0.1) is 10.2 Å². The van der Waals surface area contributed by atoms with E-state index >= 15 is 0 Å². The number of carbonyl (C=O) groups is 1. The smallest absolute Gasteiger partial charge is 0.268 e. The monoisotopic (exact) mass is 402 g/mol. The Morgan fingerprint density at radius 3 is 2.50 bits per heavy atom. The number of rotatable bonds is 4. The fourth-order valence-electron chi connectivity index (χ4n) is 2.85. The van der Waals surface area contributed by atoms with Crippen molar-refractivity contribution >= 4 is 5.91 Å². The highest BCUT2D eigenvalue weighted by Crippen LogP contribution is 2.25. The number of benzene rings is 1. The molecule has 1 N–H and O–H groups in total. The predicted octanol–water partition coefficient (Wildman–Crippen LogP) is 2.56. The van der Waals surface area contributed by atoms with Gasteiger partial charge in [-0.25, -0.2) is 4.98 Å². The molecule has 30 heavy (non-hydrogen) atoms. The maximum Gasteiger partial charge on any atom is 0.268 e. The first-order valence-electron chi connectivity index (χ1n) is 9.11. The van der Waals surface area contributed by atoms with Crippen molar-refractivity contribution in [1.82, 2.24) is 30.0 Å². The molecular formula is C21H18N6O3. The summed E-state index contributed by atoms with van der Waals surface area (Å²) in [5.41, 5.74) is 2.95. The van der Waals surface area contributed by atoms with Crippen LogP contribution < -0.4 is 5.56 Å². The van der Waals surface area contributed by atoms with Crippen LogP contribution in [-0.2, 0) is 0 Å². The molecule has 0 spiro atoms. The van der Waals surface area contributed by atoms with Crippen LogP contribution in [0.4, 0.5) is 0 Å². The van der Waals surface area contributed by atoms with Gasteiger partial charge in [0.25, 0.3) is 23.2 Å². The van der Waals surface area contributed by atoms with E-state index in [0.717, 1.165) is 5.56 Å². The molecular weight excluding hydrogens is 384 g/mol. The topological polar surface area (TPSA) is 118 Å². The van der Waals surface area contributed by atoms with Gasteiger partial charge in [-0.3, -0.25) is 14.6 Å². The van der Waals surface area contributed by atoms with Gasteiger partial charge in [0, 0.05) is 31.4 Å². The van der Waals surface area contributed by atoms with Gasteiger partial charge in [0.15, 0.2) is 0 Å². The van der Waals surface area contributed by atoms with Crippen molar-refractivity contribution in [2.45, 2.75) is 6.92 Å². The number of aromatic nitrogens is 5. The number of aromatic amines is 1. The molecule has 0 aliphatic carbocycles. The number of H-pyrrole nitrogens is 1. The van der Waals surface area contributed by atoms with Gasteiger partial charge in [-0.2, -0.15) is 0 Å². The van der Waals surface area contributed by atoms with Crippen molar-refractivity contribution in [3.05, 3.63) is 70.4 Å². The van der Waals surface area contributed by atoms with E-state index in [-0.39, 0.29) is 28.8 Å². The van der Waals surface area contributed by atoms with Crippen molar-refractivity contribution in [2.24, 2.45) is 0 Å². The average molecular weight is 402 g/mol. The second-order valence-corrected chi connectivity index (χ2v) is 6.79. The Hall–Kier alpha value is -4.14. The average Bonchev–Trinajstić information content (AvgIpc) is 3.23. The zero-order chi connectivity index (χ0) is 21.3. The van der Waals surface area contributed by atoms with Crippen molar-refractivity contribution in [3.8, 4) is 34.3 Å². The number of hydrogen-bond donors (Lipinski definition) is 1. The molecule has 9 nitrogen and oxygen atoms in total. The van der Waals surface area contributed by atoms with Crippen LogP contribution in [0.1, 0.15) is 16.1 Å². The lowest BCUT2D eigenvalue weighted by molar-refractivity contribution is 0.0827. The Morgan fingerprint density at radius 1 is 1.07 bits per heavy atom. The zero-order valence-corrected chi connectivity index (χ0v) is 16.6. The minimum atomic E-state index is -0.323. The molecule has 0 saturated heterocycles. The zero-order valence-electron chi connectivity index (χ0n) is 16.6. The number of nitrogens with one attached hydrogen (secondary N) is 1. The van der Waals surface area contributed by atoms with Gasteiger partial charge in [0.2, 0.25) is 0 Å². The molecule has 0 aliphatic heterocycles. The SMILES string of the molecule is Cc1ncc(-c2ccc(C(=O)N(C)C)cc2)nc1-c1nnc(-c2ccc[nH]c2=O)o1. The normalized spacial score (nSPS) is 10.8. The van der Waals surface area contributed by atoms with Crippen molar-refractivity contribution < 1.29 is 9.21 Å². The molecule has 0 bridgehead atoms. The summed E-state index contributed by atoms with van der Waals surface area (Å²) in [4.78, 5) is 37.1. The molecule has 1 amide bonds. The van der Waals surface area contributed by atoms with Crippen LogP contribution in [0.2, 0.25) is 0 Å². The summed E-state index contributed by atoms with van der Waals surface area (Å²) in [6.07, 6.45) is 3.17. The Labute approximate surface area is 171 Å². The molecule has 1 aromatic carbocycles. The van der Waals surface area contributed by atoms with Gasteiger partial charge in [0.05, 0.1) is 17.6 Å². The van der Waals surface area contributed by atoms with Crippen molar-refractivity contribution in [2.75, 3.05) is 14.1 Å². The molecule has 0 saturated carbocycles. The Balaban J connectivity index is 1.69. The molecule has 4 aromatic rings. The second-order valence-electron chi connectivity index (χ2n) is 6.79. The van der Waals surface area contributed by atoms with Crippen LogP contribution >= 0.6 is 0 Å². The third-order valence-electron chi connectivity index (χ3n) is 4.47. The van der Waals surface area contributed by atoms with E-state index in [0.29, 0.717) is 22.6 Å². The van der Waals surface area contributed by atoms with E-state index < -0.39 is 0 Å². The van der Waals surface area contributed by atoms with Crippen LogP contribution in [0.5, 0.6) is 0 Å². The Kier molecular flexibility index (Phi) is 4.93. The summed E-state index contributed by atoms with van der Waals surface area (Å²) >= 11 is 0. The highest BCUT2D eigenvalue weighted by Gasteiger charge is 2.17. The van der Waals surface area contributed by atoms with Crippen molar-refractivity contribution in [1.29, 1.82) is 0 Å². The largest absolute Gasteiger partial charge is 0.414 e. The summed E-state index contributed by atoms with van der Waals surface area (Å²) in [5, 5.41) is 8.00. The van der Waals surface area contributed by atoms with E-state index in [2.05, 4.69) is 25.1 Å². The Bertz CT molecular complexity index is 1270. The highest BCUT2D eigenvalue weighted by atomic mass is 16.4. The van der Waals surface area contributed by atoms with E-state index in [1.165, 1.54) is 11.1 Å². The predicted molar refractivity (Wildman–Crippen MR) is 110 cm³/mol. The minimum Gasteiger partial charge on any atom is -0.414 e. The molecule has 0 radical (unpaired) electrons. The molecule has 3 heterocycles. The number of amides is 1. The Morgan fingerprint density at radius 2 is 1.80 bits per heavy atom. The molecule has 0 fully saturated rings. The van der Waals surface area contributed by atoms with Crippen LogP contribution in [-0.4, -0.2) is 50.1 Å². The first kappa shape index (κ1) is 19.2. The summed E-state index contributed by atoms with van der Waals surface area (Å²) in [6.45, 7) is 1.78. The van der Waals surface area contributed by atoms with Crippen LogP contribution in [0.3, 0.4) is 0 Å². The number of hydrogen-bond acceptors (Lipinski definition) is 7. The number of carbonyl (C=O) groups excluding carboxylic acids is 1. The lowest BCUT2D eigenvalue weighted by atomic mass is 10.1. The molecule has 9 heteroatoms. The van der Waals surface area contributed by atoms with Gasteiger partial charge in [0.1, 0.15) is 11.3 Å². The number of pyridine rings is 1. The fourth-order valence-corrected chi connectivity index (χ4v) is 2.85. The second kappa shape index (κ2) is 7.70. The third kappa shape index (κ3) is 3.60. The van der Waals surface area contributed by atoms with Crippen LogP contribution in [0, 0.1) is 6.92 Å². The van der Waals surface area contributed by atoms with E-state index in [1.54, 1.807) is 51.5 Å². The van der Waals surface area contributed by atoms with E-state index in [4.69, 9.17) is 4.42 Å². The maximum absolute atomic E-state index is 12.1. The lowest BCUT2D eigenvalue weighted by Crippen LogP contribution is -2.21. The summed E-state index contributed by atoms with van der Waals surface area (Å²) in [7, 11) is 3.41. The van der Waals surface area contributed by atoms with Crippen molar-refractivity contribution in [3.63, 3.8) is 0 Å². The quantitative estimate of drug-likeness (QED) is 0.557. The summed E-state index contributed by atoms with van der Waals surface area (Å²) < 4.78 is 5.69. The van der Waals surface area contributed by atoms with Gasteiger partial charge in [-0.05, 0) is 31.2 Å². The minimum absolute atomic E-state index is 0.0773. The number of aryl methyl sites for hydroxylation is 1. The molecule has 3 aromatic heterocycles. The van der Waals surface area contributed by atoms with Gasteiger partial charge in [-0.1, -0.05) is 12.1 Å². The number of nitrogens with zero attached hydrogens (tertiary/aromatic N) is 5. The lowest BCUT2D eigenvalue weighted by Gasteiger charge is -2.10. The first-order chi connectivity index (χ1) is 14.4. The first-order valence-corrected chi connectivity index (χ1v) is 9.11. The van der Waals surface area contributed by atoms with Gasteiger partial charge >= 0.3 is 0 Å². The summed E-state index contributed by atoms with van der Waals surface area (Å²) in [5.74, 6) is 0.191. The third-order valence-corrected chi connectivity index (χ3v) is 4.47. The molecule has 0 unspecified atom stereocenters. The molecule has 4 rings (SSSR count). The molecule has 0 aliphatic rings. The van der Waals surface area contributed by atoms with Gasteiger partial charge < -0.3 is 14.3 Å². The molecule has 0 atom stereocenters.